The Morgan fingerprint density at radius 3 is 2.75 bits per heavy atom. The third kappa shape index (κ3) is 2.62. The van der Waals surface area contributed by atoms with Crippen LogP contribution in [0.25, 0.3) is 0 Å². The minimum Gasteiger partial charge on any atom is -0.399 e. The van der Waals surface area contributed by atoms with E-state index < -0.39 is 0 Å². The molecule has 0 unspecified atom stereocenters. The molecule has 2 N–H and O–H groups in total. The molecule has 0 bridgehead atoms. The van der Waals surface area contributed by atoms with Crippen molar-refractivity contribution in [3.05, 3.63) is 51.2 Å². The van der Waals surface area contributed by atoms with Crippen LogP contribution in [0, 0.1) is 0 Å². The summed E-state index contributed by atoms with van der Waals surface area (Å²) in [6.07, 6.45) is 0.376. The van der Waals surface area contributed by atoms with E-state index in [-0.39, 0.29) is 5.78 Å². The lowest BCUT2D eigenvalue weighted by Gasteiger charge is -2.00. The van der Waals surface area contributed by atoms with Crippen LogP contribution >= 0.6 is 22.9 Å². The second kappa shape index (κ2) is 4.68. The highest BCUT2D eigenvalue weighted by Crippen LogP contribution is 2.23. The average Bonchev–Trinajstić information content (AvgIpc) is 2.64. The van der Waals surface area contributed by atoms with Crippen LogP contribution in [0.1, 0.15) is 15.2 Å². The normalized spacial score (nSPS) is 10.3. The topological polar surface area (TPSA) is 43.1 Å². The van der Waals surface area contributed by atoms with Crippen LogP contribution in [0.3, 0.4) is 0 Å². The molecule has 0 aliphatic heterocycles. The van der Waals surface area contributed by atoms with Gasteiger partial charge < -0.3 is 5.73 Å². The average molecular weight is 252 g/mol. The summed E-state index contributed by atoms with van der Waals surface area (Å²) >= 11 is 7.23. The number of benzene rings is 1. The van der Waals surface area contributed by atoms with Gasteiger partial charge in [-0.2, -0.15) is 0 Å². The monoisotopic (exact) mass is 251 g/mol. The number of nitrogens with two attached hydrogens (primary N) is 1. The van der Waals surface area contributed by atoms with Crippen LogP contribution in [0.5, 0.6) is 0 Å². The van der Waals surface area contributed by atoms with Crippen molar-refractivity contribution in [3.8, 4) is 0 Å². The number of thiophene rings is 1. The number of carbonyl (C=O) groups excluding carboxylic acids is 1. The number of rotatable bonds is 3. The van der Waals surface area contributed by atoms with Gasteiger partial charge in [-0.1, -0.05) is 23.7 Å². The summed E-state index contributed by atoms with van der Waals surface area (Å²) in [5.74, 6) is 0.0609. The third-order valence-corrected chi connectivity index (χ3v) is 3.40. The van der Waals surface area contributed by atoms with Gasteiger partial charge in [0.15, 0.2) is 5.78 Å². The van der Waals surface area contributed by atoms with E-state index >= 15 is 0 Å². The van der Waals surface area contributed by atoms with Crippen molar-refractivity contribution in [3.63, 3.8) is 0 Å². The predicted octanol–water partition coefficient (Wildman–Crippen LogP) is 3.41. The zero-order valence-electron chi connectivity index (χ0n) is 8.44. The van der Waals surface area contributed by atoms with Crippen molar-refractivity contribution in [2.24, 2.45) is 0 Å². The molecule has 0 atom stereocenters. The first-order valence-corrected chi connectivity index (χ1v) is 5.97. The van der Waals surface area contributed by atoms with Crippen LogP contribution in [0.15, 0.2) is 36.4 Å². The molecule has 0 spiro atoms. The molecule has 1 heterocycles. The second-order valence-corrected chi connectivity index (χ2v) is 5.23. The molecular weight excluding hydrogens is 242 g/mol. The number of ketones is 1. The van der Waals surface area contributed by atoms with E-state index in [0.29, 0.717) is 22.0 Å². The zero-order chi connectivity index (χ0) is 11.5. The van der Waals surface area contributed by atoms with Gasteiger partial charge in [0, 0.05) is 22.5 Å². The molecule has 2 aromatic rings. The first-order valence-electron chi connectivity index (χ1n) is 4.78. The van der Waals surface area contributed by atoms with E-state index in [2.05, 4.69) is 0 Å². The Kier molecular flexibility index (Phi) is 3.27. The zero-order valence-corrected chi connectivity index (χ0v) is 10.0. The summed E-state index contributed by atoms with van der Waals surface area (Å²) in [4.78, 5) is 12.9. The molecule has 0 aliphatic carbocycles. The van der Waals surface area contributed by atoms with Gasteiger partial charge >= 0.3 is 0 Å². The number of carbonyl (C=O) groups is 1. The lowest BCUT2D eigenvalue weighted by atomic mass is 10.1. The van der Waals surface area contributed by atoms with Crippen molar-refractivity contribution in [2.45, 2.75) is 6.42 Å². The van der Waals surface area contributed by atoms with Gasteiger partial charge in [0.05, 0.1) is 4.34 Å². The largest absolute Gasteiger partial charge is 0.399 e. The number of anilines is 1. The van der Waals surface area contributed by atoms with Crippen LogP contribution < -0.4 is 5.73 Å². The Morgan fingerprint density at radius 1 is 1.31 bits per heavy atom. The summed E-state index contributed by atoms with van der Waals surface area (Å²) in [6.45, 7) is 0. The van der Waals surface area contributed by atoms with Crippen LogP contribution in [0.4, 0.5) is 5.69 Å². The predicted molar refractivity (Wildman–Crippen MR) is 68.2 cm³/mol. The Labute approximate surface area is 103 Å². The van der Waals surface area contributed by atoms with Crippen LogP contribution in [0.2, 0.25) is 4.34 Å². The van der Waals surface area contributed by atoms with Crippen molar-refractivity contribution < 1.29 is 4.79 Å². The molecule has 2 nitrogen and oxygen atoms in total. The number of nitrogen functional groups attached to an aromatic ring is 1. The standard InChI is InChI=1S/C12H10ClNOS/c13-12-5-4-10(16-12)7-11(15)8-2-1-3-9(14)6-8/h1-6H,7,14H2. The van der Waals surface area contributed by atoms with Crippen molar-refractivity contribution in [2.75, 3.05) is 5.73 Å². The summed E-state index contributed by atoms with van der Waals surface area (Å²) < 4.78 is 0.704. The molecule has 4 heteroatoms. The molecular formula is C12H10ClNOS. The SMILES string of the molecule is Nc1cccc(C(=O)Cc2ccc(Cl)s2)c1. The molecule has 0 saturated heterocycles. The molecule has 1 aromatic heterocycles. The molecule has 0 saturated carbocycles. The highest BCUT2D eigenvalue weighted by Gasteiger charge is 2.08. The van der Waals surface area contributed by atoms with Gasteiger partial charge in [-0.05, 0) is 24.3 Å². The lowest BCUT2D eigenvalue weighted by Crippen LogP contribution is -2.02. The molecule has 0 fully saturated rings. The summed E-state index contributed by atoms with van der Waals surface area (Å²) in [6, 6.07) is 10.7. The first-order chi connectivity index (χ1) is 7.65. The highest BCUT2D eigenvalue weighted by molar-refractivity contribution is 7.16. The lowest BCUT2D eigenvalue weighted by molar-refractivity contribution is 0.0994. The number of halogens is 1. The maximum atomic E-state index is 11.9. The summed E-state index contributed by atoms with van der Waals surface area (Å²) in [7, 11) is 0. The van der Waals surface area contributed by atoms with Gasteiger partial charge in [-0.3, -0.25) is 4.79 Å². The van der Waals surface area contributed by atoms with E-state index in [9.17, 15) is 4.79 Å². The number of hydrogen-bond donors (Lipinski definition) is 1. The minimum atomic E-state index is 0.0609. The Morgan fingerprint density at radius 2 is 2.12 bits per heavy atom. The number of Topliss-reactive ketones (excluding diaryl/α,β-unsaturated/α-hetero) is 1. The van der Waals surface area contributed by atoms with Crippen LogP contribution in [-0.4, -0.2) is 5.78 Å². The molecule has 1 aromatic carbocycles. The van der Waals surface area contributed by atoms with E-state index in [1.807, 2.05) is 6.07 Å². The Bertz CT molecular complexity index is 521. The van der Waals surface area contributed by atoms with Crippen LogP contribution in [-0.2, 0) is 6.42 Å². The second-order valence-electron chi connectivity index (χ2n) is 3.43. The number of hydrogen-bond acceptors (Lipinski definition) is 3. The molecule has 0 radical (unpaired) electrons. The first kappa shape index (κ1) is 11.2. The molecule has 0 aliphatic rings. The summed E-state index contributed by atoms with van der Waals surface area (Å²) in [5, 5.41) is 0. The van der Waals surface area contributed by atoms with Crippen molar-refractivity contribution >= 4 is 34.4 Å². The van der Waals surface area contributed by atoms with Gasteiger partial charge in [-0.25, -0.2) is 0 Å². The van der Waals surface area contributed by atoms with Gasteiger partial charge in [-0.15, -0.1) is 11.3 Å². The Hall–Kier alpha value is -1.32. The smallest absolute Gasteiger partial charge is 0.168 e. The minimum absolute atomic E-state index is 0.0609. The van der Waals surface area contributed by atoms with E-state index in [0.717, 1.165) is 4.88 Å². The quantitative estimate of drug-likeness (QED) is 0.671. The van der Waals surface area contributed by atoms with Gasteiger partial charge in [0.1, 0.15) is 0 Å². The maximum Gasteiger partial charge on any atom is 0.168 e. The highest BCUT2D eigenvalue weighted by atomic mass is 35.5. The maximum absolute atomic E-state index is 11.9. The summed E-state index contributed by atoms with van der Waals surface area (Å²) in [5.41, 5.74) is 6.87. The Balaban J connectivity index is 2.14. The van der Waals surface area contributed by atoms with Crippen molar-refractivity contribution in [1.82, 2.24) is 0 Å². The van der Waals surface area contributed by atoms with E-state index in [1.165, 1.54) is 11.3 Å². The fourth-order valence-electron chi connectivity index (χ4n) is 1.42. The van der Waals surface area contributed by atoms with Gasteiger partial charge in [0.25, 0.3) is 0 Å². The third-order valence-electron chi connectivity index (χ3n) is 2.17. The molecule has 82 valence electrons. The fourth-order valence-corrected chi connectivity index (χ4v) is 2.51. The van der Waals surface area contributed by atoms with E-state index in [1.54, 1.807) is 30.3 Å². The molecule has 2 rings (SSSR count). The molecule has 16 heavy (non-hydrogen) atoms. The molecule has 0 amide bonds. The fraction of sp³-hybridized carbons (Fsp3) is 0.0833. The van der Waals surface area contributed by atoms with E-state index in [4.69, 9.17) is 17.3 Å². The van der Waals surface area contributed by atoms with Gasteiger partial charge in [0.2, 0.25) is 0 Å². The van der Waals surface area contributed by atoms with Crippen molar-refractivity contribution in [1.29, 1.82) is 0 Å².